The molecule has 1 saturated heterocycles. The molecule has 0 aliphatic carbocycles. The molecule has 1 unspecified atom stereocenters. The van der Waals surface area contributed by atoms with Crippen molar-refractivity contribution in [1.82, 2.24) is 10.2 Å². The van der Waals surface area contributed by atoms with Crippen LogP contribution in [0.2, 0.25) is 5.02 Å². The van der Waals surface area contributed by atoms with Gasteiger partial charge in [0.25, 0.3) is 0 Å². The minimum atomic E-state index is 0.482. The first-order chi connectivity index (χ1) is 9.13. The molecular weight excluding hydrogens is 256 g/mol. The molecule has 1 atom stereocenters. The molecule has 1 N–H and O–H groups in total. The molecular formula is C16H25ClN2. The van der Waals surface area contributed by atoms with Crippen LogP contribution < -0.4 is 5.32 Å². The van der Waals surface area contributed by atoms with Gasteiger partial charge in [-0.25, -0.2) is 0 Å². The van der Waals surface area contributed by atoms with Crippen molar-refractivity contribution in [3.63, 3.8) is 0 Å². The van der Waals surface area contributed by atoms with E-state index in [1.165, 1.54) is 44.5 Å². The highest BCUT2D eigenvalue weighted by Gasteiger charge is 2.33. The van der Waals surface area contributed by atoms with Gasteiger partial charge in [0.05, 0.1) is 0 Å². The molecule has 1 aromatic carbocycles. The van der Waals surface area contributed by atoms with Gasteiger partial charge in [0.15, 0.2) is 0 Å². The monoisotopic (exact) mass is 280 g/mol. The molecule has 3 heteroatoms. The van der Waals surface area contributed by atoms with Gasteiger partial charge in [0.1, 0.15) is 0 Å². The van der Waals surface area contributed by atoms with Gasteiger partial charge in [0, 0.05) is 24.7 Å². The summed E-state index contributed by atoms with van der Waals surface area (Å²) in [5, 5.41) is 4.34. The first-order valence-electron chi connectivity index (χ1n) is 7.27. The number of hydrogen-bond donors (Lipinski definition) is 1. The molecule has 1 heterocycles. The molecule has 0 saturated carbocycles. The number of nitrogens with one attached hydrogen (secondary N) is 1. The van der Waals surface area contributed by atoms with Gasteiger partial charge in [-0.2, -0.15) is 0 Å². The molecule has 19 heavy (non-hydrogen) atoms. The van der Waals surface area contributed by atoms with E-state index in [9.17, 15) is 0 Å². The lowest BCUT2D eigenvalue weighted by molar-refractivity contribution is 0.172. The summed E-state index contributed by atoms with van der Waals surface area (Å²) >= 11 is 5.93. The summed E-state index contributed by atoms with van der Waals surface area (Å²) in [5.41, 5.74) is 1.82. The third-order valence-electron chi connectivity index (χ3n) is 4.08. The predicted octanol–water partition coefficient (Wildman–Crippen LogP) is 3.55. The lowest BCUT2D eigenvalue weighted by Crippen LogP contribution is -2.37. The molecule has 2 nitrogen and oxygen atoms in total. The van der Waals surface area contributed by atoms with Crippen LogP contribution >= 0.6 is 11.6 Å². The molecule has 0 aromatic heterocycles. The highest BCUT2D eigenvalue weighted by molar-refractivity contribution is 6.30. The Balaban J connectivity index is 1.92. The topological polar surface area (TPSA) is 15.3 Å². The molecule has 1 aromatic rings. The van der Waals surface area contributed by atoms with Crippen LogP contribution in [0.4, 0.5) is 0 Å². The molecule has 1 fully saturated rings. The van der Waals surface area contributed by atoms with Crippen molar-refractivity contribution >= 4 is 11.6 Å². The Bertz CT molecular complexity index is 382. The zero-order chi connectivity index (χ0) is 13.7. The van der Waals surface area contributed by atoms with Gasteiger partial charge in [-0.3, -0.25) is 0 Å². The molecule has 0 amide bonds. The van der Waals surface area contributed by atoms with Gasteiger partial charge < -0.3 is 10.2 Å². The van der Waals surface area contributed by atoms with E-state index in [1.807, 2.05) is 12.1 Å². The van der Waals surface area contributed by atoms with Crippen LogP contribution in [-0.2, 0) is 6.54 Å². The Morgan fingerprint density at radius 3 is 2.63 bits per heavy atom. The second kappa shape index (κ2) is 6.74. The van der Waals surface area contributed by atoms with Gasteiger partial charge in [-0.15, -0.1) is 0 Å². The van der Waals surface area contributed by atoms with E-state index >= 15 is 0 Å². The van der Waals surface area contributed by atoms with Crippen LogP contribution in [0.15, 0.2) is 24.3 Å². The van der Waals surface area contributed by atoms with E-state index in [4.69, 9.17) is 11.6 Å². The number of halogens is 1. The van der Waals surface area contributed by atoms with Crippen molar-refractivity contribution in [3.8, 4) is 0 Å². The van der Waals surface area contributed by atoms with Crippen molar-refractivity contribution < 1.29 is 0 Å². The van der Waals surface area contributed by atoms with Gasteiger partial charge in [-0.05, 0) is 49.5 Å². The number of nitrogens with zero attached hydrogens (tertiary/aromatic N) is 1. The Morgan fingerprint density at radius 2 is 2.05 bits per heavy atom. The molecule has 0 bridgehead atoms. The highest BCUT2D eigenvalue weighted by Crippen LogP contribution is 2.32. The largest absolute Gasteiger partial charge is 0.316 e. The van der Waals surface area contributed by atoms with Crippen molar-refractivity contribution in [2.24, 2.45) is 5.41 Å². The normalized spacial score (nSPS) is 23.2. The zero-order valence-corrected chi connectivity index (χ0v) is 12.8. The highest BCUT2D eigenvalue weighted by atomic mass is 35.5. The van der Waals surface area contributed by atoms with E-state index in [-0.39, 0.29) is 0 Å². The summed E-state index contributed by atoms with van der Waals surface area (Å²) in [4.78, 5) is 2.45. The van der Waals surface area contributed by atoms with Crippen molar-refractivity contribution in [3.05, 3.63) is 34.9 Å². The smallest absolute Gasteiger partial charge is 0.0406 e. The maximum Gasteiger partial charge on any atom is 0.0406 e. The maximum absolute atomic E-state index is 5.93. The lowest BCUT2D eigenvalue weighted by Gasteiger charge is -2.33. The van der Waals surface area contributed by atoms with Gasteiger partial charge in [0.2, 0.25) is 0 Å². The minimum Gasteiger partial charge on any atom is -0.316 e. The quantitative estimate of drug-likeness (QED) is 0.857. The first kappa shape index (κ1) is 14.8. The van der Waals surface area contributed by atoms with E-state index < -0.39 is 0 Å². The summed E-state index contributed by atoms with van der Waals surface area (Å²) in [5.74, 6) is 0. The Morgan fingerprint density at radius 1 is 1.32 bits per heavy atom. The first-order valence-corrected chi connectivity index (χ1v) is 7.65. The number of rotatable bonds is 6. The van der Waals surface area contributed by atoms with E-state index in [0.29, 0.717) is 5.41 Å². The summed E-state index contributed by atoms with van der Waals surface area (Å²) in [6.45, 7) is 6.82. The SMILES string of the molecule is CCCC1(CN(C)Cc2ccc(Cl)cc2)CCNC1. The lowest BCUT2D eigenvalue weighted by atomic mass is 9.82. The fourth-order valence-corrected chi connectivity index (χ4v) is 3.41. The predicted molar refractivity (Wildman–Crippen MR) is 82.6 cm³/mol. The van der Waals surface area contributed by atoms with Crippen LogP contribution in [0.5, 0.6) is 0 Å². The van der Waals surface area contributed by atoms with Crippen molar-refractivity contribution in [1.29, 1.82) is 0 Å². The van der Waals surface area contributed by atoms with Crippen LogP contribution in [0.1, 0.15) is 31.7 Å². The van der Waals surface area contributed by atoms with Crippen LogP contribution in [-0.4, -0.2) is 31.6 Å². The fraction of sp³-hybridized carbons (Fsp3) is 0.625. The maximum atomic E-state index is 5.93. The summed E-state index contributed by atoms with van der Waals surface area (Å²) in [6.07, 6.45) is 3.91. The molecule has 1 aliphatic rings. The fourth-order valence-electron chi connectivity index (χ4n) is 3.28. The molecule has 0 spiro atoms. The second-order valence-corrected chi connectivity index (χ2v) is 6.41. The summed E-state index contributed by atoms with van der Waals surface area (Å²) in [6, 6.07) is 8.20. The average Bonchev–Trinajstić information content (AvgIpc) is 2.81. The third-order valence-corrected chi connectivity index (χ3v) is 4.34. The second-order valence-electron chi connectivity index (χ2n) is 5.98. The summed E-state index contributed by atoms with van der Waals surface area (Å²) < 4.78 is 0. The number of hydrogen-bond acceptors (Lipinski definition) is 2. The van der Waals surface area contributed by atoms with Crippen LogP contribution in [0.3, 0.4) is 0 Å². The van der Waals surface area contributed by atoms with Crippen molar-refractivity contribution in [2.45, 2.75) is 32.7 Å². The minimum absolute atomic E-state index is 0.482. The van der Waals surface area contributed by atoms with Crippen LogP contribution in [0.25, 0.3) is 0 Å². The molecule has 2 rings (SSSR count). The van der Waals surface area contributed by atoms with Crippen LogP contribution in [0, 0.1) is 5.41 Å². The zero-order valence-electron chi connectivity index (χ0n) is 12.1. The van der Waals surface area contributed by atoms with Gasteiger partial charge in [-0.1, -0.05) is 37.1 Å². The van der Waals surface area contributed by atoms with E-state index in [2.05, 4.69) is 36.3 Å². The van der Waals surface area contributed by atoms with Gasteiger partial charge >= 0.3 is 0 Å². The summed E-state index contributed by atoms with van der Waals surface area (Å²) in [7, 11) is 2.23. The van der Waals surface area contributed by atoms with E-state index in [1.54, 1.807) is 0 Å². The third kappa shape index (κ3) is 4.20. The molecule has 106 valence electrons. The molecule has 1 aliphatic heterocycles. The van der Waals surface area contributed by atoms with Crippen molar-refractivity contribution in [2.75, 3.05) is 26.7 Å². The van der Waals surface area contributed by atoms with E-state index in [0.717, 1.165) is 11.6 Å². The average molecular weight is 281 g/mol. The Hall–Kier alpha value is -0.570. The Kier molecular flexibility index (Phi) is 5.26. The Labute approximate surface area is 122 Å². The standard InChI is InChI=1S/C16H25ClN2/c1-3-8-16(9-10-18-12-16)13-19(2)11-14-4-6-15(17)7-5-14/h4-7,18H,3,8-13H2,1-2H3. The molecule has 0 radical (unpaired) electrons. The number of benzene rings is 1.